The third-order valence-electron chi connectivity index (χ3n) is 4.07. The van der Waals surface area contributed by atoms with E-state index in [0.717, 1.165) is 27.7 Å². The zero-order chi connectivity index (χ0) is 17.8. The van der Waals surface area contributed by atoms with Crippen LogP contribution in [0, 0.1) is 6.92 Å². The predicted molar refractivity (Wildman–Crippen MR) is 103 cm³/mol. The number of fused-ring (bicyclic) bond motifs is 1. The van der Waals surface area contributed by atoms with E-state index < -0.39 is 6.10 Å². The molecule has 3 rings (SSSR count). The fourth-order valence-corrected chi connectivity index (χ4v) is 3.44. The van der Waals surface area contributed by atoms with Crippen LogP contribution in [0.1, 0.15) is 25.8 Å². The highest BCUT2D eigenvalue weighted by molar-refractivity contribution is 7.08. The Morgan fingerprint density at radius 1 is 1.28 bits per heavy atom. The Morgan fingerprint density at radius 2 is 2.12 bits per heavy atom. The maximum Gasteiger partial charge on any atom is 0.261 e. The Hall–Kier alpha value is -2.40. The number of hydrogen-bond acceptors (Lipinski definition) is 4. The minimum atomic E-state index is -0.477. The van der Waals surface area contributed by atoms with Gasteiger partial charge in [0.1, 0.15) is 5.75 Å². The van der Waals surface area contributed by atoms with Crippen molar-refractivity contribution in [3.8, 4) is 17.0 Å². The van der Waals surface area contributed by atoms with Crippen LogP contribution in [-0.4, -0.2) is 23.5 Å². The van der Waals surface area contributed by atoms with Gasteiger partial charge in [-0.3, -0.25) is 4.79 Å². The van der Waals surface area contributed by atoms with Crippen molar-refractivity contribution in [2.45, 2.75) is 33.3 Å². The first-order valence-electron chi connectivity index (χ1n) is 8.50. The molecular formula is C20H22N2O2S. The molecule has 0 aliphatic heterocycles. The summed E-state index contributed by atoms with van der Waals surface area (Å²) in [7, 11) is 0. The molecule has 1 unspecified atom stereocenters. The second kappa shape index (κ2) is 7.66. The number of benzene rings is 1. The van der Waals surface area contributed by atoms with E-state index in [2.05, 4.69) is 28.2 Å². The highest BCUT2D eigenvalue weighted by Crippen LogP contribution is 2.28. The lowest BCUT2D eigenvalue weighted by Crippen LogP contribution is -2.37. The number of ether oxygens (including phenoxy) is 1. The van der Waals surface area contributed by atoms with E-state index in [4.69, 9.17) is 9.72 Å². The van der Waals surface area contributed by atoms with Gasteiger partial charge in [-0.05, 0) is 55.5 Å². The van der Waals surface area contributed by atoms with Gasteiger partial charge >= 0.3 is 0 Å². The summed E-state index contributed by atoms with van der Waals surface area (Å²) in [5, 5.41) is 7.98. The van der Waals surface area contributed by atoms with Gasteiger partial charge in [-0.2, -0.15) is 11.3 Å². The van der Waals surface area contributed by atoms with Crippen LogP contribution in [0.3, 0.4) is 0 Å². The van der Waals surface area contributed by atoms with Crippen molar-refractivity contribution < 1.29 is 9.53 Å². The van der Waals surface area contributed by atoms with Gasteiger partial charge in [-0.25, -0.2) is 4.98 Å². The number of thiophene rings is 1. The van der Waals surface area contributed by atoms with Gasteiger partial charge in [-0.1, -0.05) is 13.0 Å². The first-order chi connectivity index (χ1) is 12.1. The van der Waals surface area contributed by atoms with Gasteiger partial charge in [0.15, 0.2) is 6.10 Å². The van der Waals surface area contributed by atoms with Crippen LogP contribution in [0.15, 0.2) is 41.1 Å². The molecule has 2 aromatic heterocycles. The molecule has 0 radical (unpaired) electrons. The number of aryl methyl sites for hydroxylation is 1. The molecule has 1 aromatic carbocycles. The lowest BCUT2D eigenvalue weighted by molar-refractivity contribution is -0.128. The van der Waals surface area contributed by atoms with Crippen molar-refractivity contribution in [1.29, 1.82) is 0 Å². The van der Waals surface area contributed by atoms with Gasteiger partial charge in [0.05, 0.1) is 11.2 Å². The molecule has 25 heavy (non-hydrogen) atoms. The van der Waals surface area contributed by atoms with Gasteiger partial charge < -0.3 is 10.1 Å². The van der Waals surface area contributed by atoms with Crippen molar-refractivity contribution in [2.75, 3.05) is 6.54 Å². The number of carbonyl (C=O) groups is 1. The topological polar surface area (TPSA) is 51.2 Å². The lowest BCUT2D eigenvalue weighted by Gasteiger charge is -2.17. The molecule has 2 heterocycles. The number of pyridine rings is 1. The monoisotopic (exact) mass is 354 g/mol. The van der Waals surface area contributed by atoms with E-state index in [-0.39, 0.29) is 5.91 Å². The third kappa shape index (κ3) is 3.82. The van der Waals surface area contributed by atoms with E-state index in [1.807, 2.05) is 39.0 Å². The zero-order valence-corrected chi connectivity index (χ0v) is 15.5. The summed E-state index contributed by atoms with van der Waals surface area (Å²) in [6.45, 7) is 6.47. The molecule has 130 valence electrons. The van der Waals surface area contributed by atoms with Crippen molar-refractivity contribution >= 4 is 28.1 Å². The van der Waals surface area contributed by atoms with Crippen molar-refractivity contribution in [1.82, 2.24) is 10.3 Å². The molecular weight excluding hydrogens is 332 g/mol. The van der Waals surface area contributed by atoms with Crippen LogP contribution < -0.4 is 10.1 Å². The number of aromatic nitrogens is 1. The Labute approximate surface area is 151 Å². The molecule has 0 bridgehead atoms. The first kappa shape index (κ1) is 17.4. The molecule has 0 aliphatic carbocycles. The summed E-state index contributed by atoms with van der Waals surface area (Å²) in [6.07, 6.45) is 0.146. The van der Waals surface area contributed by atoms with Gasteiger partial charge in [0.25, 0.3) is 5.91 Å². The number of carbonyl (C=O) groups excluding carboxylic acids is 1. The smallest absolute Gasteiger partial charge is 0.261 e. The minimum Gasteiger partial charge on any atom is -0.481 e. The number of amides is 1. The maximum atomic E-state index is 12.1. The molecule has 0 spiro atoms. The fraction of sp³-hybridized carbons (Fsp3) is 0.300. The Balaban J connectivity index is 1.91. The summed E-state index contributed by atoms with van der Waals surface area (Å²) >= 11 is 1.66. The second-order valence-corrected chi connectivity index (χ2v) is 6.71. The second-order valence-electron chi connectivity index (χ2n) is 5.93. The van der Waals surface area contributed by atoms with Crippen LogP contribution >= 0.6 is 11.3 Å². The molecule has 5 heteroatoms. The van der Waals surface area contributed by atoms with E-state index >= 15 is 0 Å². The molecule has 3 aromatic rings. The highest BCUT2D eigenvalue weighted by atomic mass is 32.1. The average Bonchev–Trinajstić information content (AvgIpc) is 3.14. The average molecular weight is 354 g/mol. The Bertz CT molecular complexity index is 875. The fourth-order valence-electron chi connectivity index (χ4n) is 2.79. The molecule has 0 saturated carbocycles. The lowest BCUT2D eigenvalue weighted by atomic mass is 10.1. The molecule has 4 nitrogen and oxygen atoms in total. The van der Waals surface area contributed by atoms with Crippen LogP contribution in [0.4, 0.5) is 0 Å². The van der Waals surface area contributed by atoms with E-state index in [9.17, 15) is 4.79 Å². The summed E-state index contributed by atoms with van der Waals surface area (Å²) < 4.78 is 5.93. The van der Waals surface area contributed by atoms with Gasteiger partial charge in [0, 0.05) is 22.9 Å². The van der Waals surface area contributed by atoms with E-state index in [1.165, 1.54) is 0 Å². The molecule has 1 amide bonds. The summed E-state index contributed by atoms with van der Waals surface area (Å²) in [4.78, 5) is 16.8. The summed E-state index contributed by atoms with van der Waals surface area (Å²) in [5.41, 5.74) is 4.10. The molecule has 1 atom stereocenters. The van der Waals surface area contributed by atoms with E-state index in [0.29, 0.717) is 18.7 Å². The molecule has 1 N–H and O–H groups in total. The largest absolute Gasteiger partial charge is 0.481 e. The van der Waals surface area contributed by atoms with Crippen molar-refractivity contribution in [3.63, 3.8) is 0 Å². The number of rotatable bonds is 6. The Morgan fingerprint density at radius 3 is 2.80 bits per heavy atom. The zero-order valence-electron chi connectivity index (χ0n) is 14.7. The highest BCUT2D eigenvalue weighted by Gasteiger charge is 2.18. The molecule has 0 aliphatic rings. The Kier molecular flexibility index (Phi) is 5.34. The van der Waals surface area contributed by atoms with Crippen LogP contribution in [0.5, 0.6) is 5.75 Å². The predicted octanol–water partition coefficient (Wildman–Crippen LogP) is 4.57. The number of hydrogen-bond donors (Lipinski definition) is 1. The van der Waals surface area contributed by atoms with Gasteiger partial charge in [-0.15, -0.1) is 0 Å². The molecule has 0 saturated heterocycles. The van der Waals surface area contributed by atoms with Crippen LogP contribution in [0.25, 0.3) is 22.2 Å². The first-order valence-corrected chi connectivity index (χ1v) is 9.45. The van der Waals surface area contributed by atoms with Gasteiger partial charge in [0.2, 0.25) is 0 Å². The maximum absolute atomic E-state index is 12.1. The summed E-state index contributed by atoms with van der Waals surface area (Å²) in [6, 6.07) is 10.1. The van der Waals surface area contributed by atoms with Crippen molar-refractivity contribution in [3.05, 3.63) is 46.7 Å². The number of likely N-dealkylation sites (N-methyl/N-ethyl adjacent to an activating group) is 1. The number of nitrogens with one attached hydrogen (secondary N) is 1. The van der Waals surface area contributed by atoms with Crippen LogP contribution in [0.2, 0.25) is 0 Å². The van der Waals surface area contributed by atoms with Crippen LogP contribution in [-0.2, 0) is 4.79 Å². The molecule has 0 fully saturated rings. The number of nitrogens with zero attached hydrogens (tertiary/aromatic N) is 1. The van der Waals surface area contributed by atoms with Crippen molar-refractivity contribution in [2.24, 2.45) is 0 Å². The minimum absolute atomic E-state index is 0.0753. The SMILES string of the molecule is CCNC(=O)C(CC)Oc1cc(C)c2nc(-c3ccsc3)ccc2c1. The van der Waals surface area contributed by atoms with E-state index in [1.54, 1.807) is 11.3 Å². The third-order valence-corrected chi connectivity index (χ3v) is 4.75. The normalized spacial score (nSPS) is 12.1. The standard InChI is InChI=1S/C20H22N2O2S/c1-4-18(20(23)21-5-2)24-16-10-13(3)19-14(11-16)6-7-17(22-19)15-8-9-25-12-15/h6-12,18H,4-5H2,1-3H3,(H,21,23). The summed E-state index contributed by atoms with van der Waals surface area (Å²) in [5.74, 6) is 0.627. The quantitative estimate of drug-likeness (QED) is 0.706.